The molecule has 100 valence electrons. The molecule has 0 spiro atoms. The lowest BCUT2D eigenvalue weighted by molar-refractivity contribution is 0.0785. The van der Waals surface area contributed by atoms with Gasteiger partial charge < -0.3 is 10.0 Å². The van der Waals surface area contributed by atoms with Crippen molar-refractivity contribution in [3.8, 4) is 5.75 Å². The van der Waals surface area contributed by atoms with Crippen LogP contribution in [0.2, 0.25) is 4.34 Å². The molecular weight excluding hydrogens is 282 g/mol. The van der Waals surface area contributed by atoms with Gasteiger partial charge in [0, 0.05) is 23.1 Å². The maximum absolute atomic E-state index is 12.3. The van der Waals surface area contributed by atoms with Crippen LogP contribution in [0.5, 0.6) is 5.75 Å². The molecule has 2 rings (SSSR count). The molecule has 1 N–H and O–H groups in total. The molecule has 3 nitrogen and oxygen atoms in total. The van der Waals surface area contributed by atoms with Gasteiger partial charge in [-0.2, -0.15) is 0 Å². The molecule has 1 heterocycles. The van der Waals surface area contributed by atoms with Gasteiger partial charge in [0.05, 0.1) is 10.9 Å². The third-order valence-corrected chi connectivity index (χ3v) is 4.12. The lowest BCUT2D eigenvalue weighted by atomic mass is 10.1. The Kier molecular flexibility index (Phi) is 4.12. The number of amides is 1. The van der Waals surface area contributed by atoms with Gasteiger partial charge >= 0.3 is 0 Å². The van der Waals surface area contributed by atoms with Crippen LogP contribution in [0.15, 0.2) is 30.3 Å². The maximum Gasteiger partial charge on any atom is 0.254 e. The summed E-state index contributed by atoms with van der Waals surface area (Å²) in [6.07, 6.45) is 0. The van der Waals surface area contributed by atoms with E-state index in [1.54, 1.807) is 37.1 Å². The fourth-order valence-electron chi connectivity index (χ4n) is 1.80. The Hall–Kier alpha value is -1.52. The van der Waals surface area contributed by atoms with E-state index in [0.717, 1.165) is 4.88 Å². The molecule has 0 aliphatic heterocycles. The summed E-state index contributed by atoms with van der Waals surface area (Å²) >= 11 is 7.33. The summed E-state index contributed by atoms with van der Waals surface area (Å²) in [6.45, 7) is 2.24. The van der Waals surface area contributed by atoms with E-state index in [9.17, 15) is 9.90 Å². The Morgan fingerprint density at radius 2 is 2.11 bits per heavy atom. The van der Waals surface area contributed by atoms with Crippen LogP contribution in [-0.4, -0.2) is 23.0 Å². The van der Waals surface area contributed by atoms with Crippen molar-refractivity contribution < 1.29 is 9.90 Å². The highest BCUT2D eigenvalue weighted by atomic mass is 35.5. The number of hydrogen-bond acceptors (Lipinski definition) is 3. The number of thiophene rings is 1. The second kappa shape index (κ2) is 5.63. The second-order valence-electron chi connectivity index (χ2n) is 4.32. The molecule has 1 amide bonds. The molecule has 0 unspecified atom stereocenters. The molecule has 0 aliphatic rings. The Morgan fingerprint density at radius 1 is 1.37 bits per heavy atom. The molecular formula is C14H14ClNO2S. The van der Waals surface area contributed by atoms with E-state index in [1.807, 2.05) is 12.1 Å². The van der Waals surface area contributed by atoms with Crippen LogP contribution >= 0.6 is 22.9 Å². The van der Waals surface area contributed by atoms with Crippen LogP contribution in [0.25, 0.3) is 0 Å². The van der Waals surface area contributed by atoms with E-state index in [0.29, 0.717) is 22.0 Å². The monoisotopic (exact) mass is 295 g/mol. The fourth-order valence-corrected chi connectivity index (χ4v) is 2.94. The quantitative estimate of drug-likeness (QED) is 0.938. The van der Waals surface area contributed by atoms with Crippen molar-refractivity contribution in [2.24, 2.45) is 0 Å². The largest absolute Gasteiger partial charge is 0.508 e. The number of phenols is 1. The average molecular weight is 296 g/mol. The van der Waals surface area contributed by atoms with Gasteiger partial charge in [-0.1, -0.05) is 17.7 Å². The lowest BCUT2D eigenvalue weighted by Crippen LogP contribution is -2.26. The summed E-state index contributed by atoms with van der Waals surface area (Å²) in [5, 5.41) is 9.64. The topological polar surface area (TPSA) is 40.5 Å². The minimum atomic E-state index is -0.113. The van der Waals surface area contributed by atoms with E-state index in [2.05, 4.69) is 0 Å². The van der Waals surface area contributed by atoms with Crippen molar-refractivity contribution in [1.82, 2.24) is 4.90 Å². The fraction of sp³-hybridized carbons (Fsp3) is 0.214. The summed E-state index contributed by atoms with van der Waals surface area (Å²) < 4.78 is 0.712. The van der Waals surface area contributed by atoms with Gasteiger partial charge in [0.1, 0.15) is 5.75 Å². The predicted molar refractivity (Wildman–Crippen MR) is 78.0 cm³/mol. The number of halogens is 1. The summed E-state index contributed by atoms with van der Waals surface area (Å²) in [5.74, 6) is 0.0244. The lowest BCUT2D eigenvalue weighted by Gasteiger charge is -2.17. The number of carbonyl (C=O) groups is 1. The predicted octanol–water partition coefficient (Wildman–Crippen LogP) is 3.69. The standard InChI is InChI=1S/C14H14ClNO2S/c1-9-11(4-3-5-12(9)17)14(18)16(2)8-10-6-7-13(15)19-10/h3-7,17H,8H2,1-2H3. The van der Waals surface area contributed by atoms with Crippen LogP contribution in [0.1, 0.15) is 20.8 Å². The number of nitrogens with zero attached hydrogens (tertiary/aromatic N) is 1. The molecule has 0 saturated carbocycles. The molecule has 0 fully saturated rings. The van der Waals surface area contributed by atoms with Gasteiger partial charge in [-0.25, -0.2) is 0 Å². The number of carbonyl (C=O) groups excluding carboxylic acids is 1. The molecule has 0 aliphatic carbocycles. The van der Waals surface area contributed by atoms with E-state index >= 15 is 0 Å². The van der Waals surface area contributed by atoms with Gasteiger partial charge in [-0.3, -0.25) is 4.79 Å². The molecule has 0 radical (unpaired) electrons. The smallest absolute Gasteiger partial charge is 0.254 e. The van der Waals surface area contributed by atoms with Gasteiger partial charge in [0.15, 0.2) is 0 Å². The SMILES string of the molecule is Cc1c(O)cccc1C(=O)N(C)Cc1ccc(Cl)s1. The molecule has 0 bridgehead atoms. The van der Waals surface area contributed by atoms with Gasteiger partial charge in [0.25, 0.3) is 5.91 Å². The van der Waals surface area contributed by atoms with Gasteiger partial charge in [-0.15, -0.1) is 11.3 Å². The van der Waals surface area contributed by atoms with Gasteiger partial charge in [-0.05, 0) is 31.2 Å². The molecule has 1 aromatic heterocycles. The minimum absolute atomic E-state index is 0.113. The number of phenolic OH excluding ortho intramolecular Hbond substituents is 1. The zero-order valence-electron chi connectivity index (χ0n) is 10.7. The van der Waals surface area contributed by atoms with Crippen LogP contribution in [-0.2, 0) is 6.54 Å². The highest BCUT2D eigenvalue weighted by Crippen LogP contribution is 2.24. The first kappa shape index (κ1) is 13.9. The van der Waals surface area contributed by atoms with E-state index in [4.69, 9.17) is 11.6 Å². The van der Waals surface area contributed by atoms with Crippen molar-refractivity contribution in [2.45, 2.75) is 13.5 Å². The van der Waals surface area contributed by atoms with Crippen molar-refractivity contribution >= 4 is 28.8 Å². The Bertz CT molecular complexity index is 609. The van der Waals surface area contributed by atoms with Crippen LogP contribution < -0.4 is 0 Å². The van der Waals surface area contributed by atoms with E-state index in [-0.39, 0.29) is 11.7 Å². The first-order valence-electron chi connectivity index (χ1n) is 5.77. The normalized spacial score (nSPS) is 10.5. The third kappa shape index (κ3) is 3.08. The Labute approximate surface area is 121 Å². The summed E-state index contributed by atoms with van der Waals surface area (Å²) in [7, 11) is 1.74. The third-order valence-electron chi connectivity index (χ3n) is 2.90. The number of rotatable bonds is 3. The van der Waals surface area contributed by atoms with Crippen molar-refractivity contribution in [2.75, 3.05) is 7.05 Å². The highest BCUT2D eigenvalue weighted by molar-refractivity contribution is 7.16. The zero-order chi connectivity index (χ0) is 14.0. The van der Waals surface area contributed by atoms with Crippen LogP contribution in [0.3, 0.4) is 0 Å². The number of aromatic hydroxyl groups is 1. The molecule has 1 aromatic carbocycles. The Morgan fingerprint density at radius 3 is 2.74 bits per heavy atom. The molecule has 0 saturated heterocycles. The number of hydrogen-bond donors (Lipinski definition) is 1. The van der Waals surface area contributed by atoms with Crippen molar-refractivity contribution in [3.63, 3.8) is 0 Å². The summed E-state index contributed by atoms with van der Waals surface area (Å²) in [6, 6.07) is 8.69. The average Bonchev–Trinajstić information content (AvgIpc) is 2.77. The summed E-state index contributed by atoms with van der Waals surface area (Å²) in [5.41, 5.74) is 1.12. The van der Waals surface area contributed by atoms with Crippen molar-refractivity contribution in [1.29, 1.82) is 0 Å². The molecule has 0 atom stereocenters. The first-order chi connectivity index (χ1) is 8.99. The van der Waals surface area contributed by atoms with Crippen LogP contribution in [0.4, 0.5) is 0 Å². The van der Waals surface area contributed by atoms with Crippen molar-refractivity contribution in [3.05, 3.63) is 50.7 Å². The van der Waals surface area contributed by atoms with Crippen LogP contribution in [0, 0.1) is 6.92 Å². The highest BCUT2D eigenvalue weighted by Gasteiger charge is 2.16. The Balaban J connectivity index is 2.17. The van der Waals surface area contributed by atoms with E-state index in [1.165, 1.54) is 11.3 Å². The second-order valence-corrected chi connectivity index (χ2v) is 6.12. The molecule has 5 heteroatoms. The molecule has 2 aromatic rings. The van der Waals surface area contributed by atoms with E-state index < -0.39 is 0 Å². The maximum atomic E-state index is 12.3. The zero-order valence-corrected chi connectivity index (χ0v) is 12.3. The summed E-state index contributed by atoms with van der Waals surface area (Å²) in [4.78, 5) is 15.0. The minimum Gasteiger partial charge on any atom is -0.508 e. The first-order valence-corrected chi connectivity index (χ1v) is 6.96. The van der Waals surface area contributed by atoms with Gasteiger partial charge in [0.2, 0.25) is 0 Å². The molecule has 19 heavy (non-hydrogen) atoms. The number of benzene rings is 1.